The Morgan fingerprint density at radius 1 is 1.38 bits per heavy atom. The van der Waals surface area contributed by atoms with Crippen LogP contribution in [0.15, 0.2) is 36.7 Å². The number of pyridine rings is 1. The lowest BCUT2D eigenvalue weighted by molar-refractivity contribution is 0.0920. The van der Waals surface area contributed by atoms with Gasteiger partial charge in [0.25, 0.3) is 5.91 Å². The van der Waals surface area contributed by atoms with Crippen molar-refractivity contribution in [3.63, 3.8) is 0 Å². The third-order valence-electron chi connectivity index (χ3n) is 3.41. The average molecular weight is 323 g/mol. The zero-order valence-corrected chi connectivity index (χ0v) is 12.9. The summed E-state index contributed by atoms with van der Waals surface area (Å²) in [6, 6.07) is 7.18. The largest absolute Gasteiger partial charge is 0.376 e. The maximum absolute atomic E-state index is 12.7. The maximum atomic E-state index is 12.7. The number of amides is 1. The molecule has 21 heavy (non-hydrogen) atoms. The fourth-order valence-electron chi connectivity index (χ4n) is 2.38. The van der Waals surface area contributed by atoms with Gasteiger partial charge in [-0.2, -0.15) is 0 Å². The first-order valence-electron chi connectivity index (χ1n) is 6.83. The second-order valence-electron chi connectivity index (χ2n) is 4.86. The lowest BCUT2D eigenvalue weighted by Gasteiger charge is -2.25. The Balaban J connectivity index is 1.86. The van der Waals surface area contributed by atoms with E-state index < -0.39 is 0 Å². The highest BCUT2D eigenvalue weighted by molar-refractivity contribution is 7.18. The minimum absolute atomic E-state index is 0.0476. The van der Waals surface area contributed by atoms with Crippen LogP contribution in [0.3, 0.4) is 0 Å². The minimum Gasteiger partial charge on any atom is -0.376 e. The van der Waals surface area contributed by atoms with Crippen LogP contribution < -0.4 is 4.90 Å². The summed E-state index contributed by atoms with van der Waals surface area (Å²) in [5, 5.41) is 0. The van der Waals surface area contributed by atoms with E-state index in [1.54, 1.807) is 29.4 Å². The quantitative estimate of drug-likeness (QED) is 0.863. The smallest absolute Gasteiger partial charge is 0.268 e. The minimum atomic E-state index is -0.0476. The molecule has 3 rings (SSSR count). The highest BCUT2D eigenvalue weighted by atomic mass is 35.5. The molecule has 1 atom stereocenters. The van der Waals surface area contributed by atoms with Gasteiger partial charge < -0.3 is 9.64 Å². The summed E-state index contributed by atoms with van der Waals surface area (Å²) in [5.41, 5.74) is 0.829. The molecule has 2 aromatic rings. The van der Waals surface area contributed by atoms with Crippen LogP contribution in [0, 0.1) is 0 Å². The molecule has 0 saturated carbocycles. The fourth-order valence-corrected chi connectivity index (χ4v) is 3.38. The monoisotopic (exact) mass is 322 g/mol. The molecule has 4 nitrogen and oxygen atoms in total. The van der Waals surface area contributed by atoms with Crippen molar-refractivity contribution in [3.05, 3.63) is 45.9 Å². The van der Waals surface area contributed by atoms with E-state index in [-0.39, 0.29) is 12.0 Å². The highest BCUT2D eigenvalue weighted by Crippen LogP contribution is 2.26. The molecule has 0 radical (unpaired) electrons. The third kappa shape index (κ3) is 3.43. The van der Waals surface area contributed by atoms with Crippen molar-refractivity contribution in [3.8, 4) is 0 Å². The van der Waals surface area contributed by atoms with Gasteiger partial charge in [-0.25, -0.2) is 0 Å². The summed E-state index contributed by atoms with van der Waals surface area (Å²) < 4.78 is 6.28. The first-order valence-corrected chi connectivity index (χ1v) is 8.02. The molecule has 1 aliphatic rings. The van der Waals surface area contributed by atoms with Gasteiger partial charge in [0.05, 0.1) is 21.9 Å². The Bertz CT molecular complexity index is 611. The van der Waals surface area contributed by atoms with E-state index >= 15 is 0 Å². The van der Waals surface area contributed by atoms with Crippen LogP contribution in [-0.4, -0.2) is 30.1 Å². The number of carbonyl (C=O) groups is 1. The van der Waals surface area contributed by atoms with Crippen LogP contribution in [0.1, 0.15) is 22.5 Å². The molecular formula is C15H15ClN2O2S. The Labute approximate surface area is 132 Å². The maximum Gasteiger partial charge on any atom is 0.268 e. The van der Waals surface area contributed by atoms with Gasteiger partial charge in [-0.1, -0.05) is 11.6 Å². The van der Waals surface area contributed by atoms with E-state index in [1.165, 1.54) is 11.3 Å². The summed E-state index contributed by atoms with van der Waals surface area (Å²) in [5.74, 6) is -0.0476. The van der Waals surface area contributed by atoms with Crippen molar-refractivity contribution in [1.82, 2.24) is 4.98 Å². The van der Waals surface area contributed by atoms with E-state index in [1.807, 2.05) is 12.1 Å². The summed E-state index contributed by atoms with van der Waals surface area (Å²) in [6.45, 7) is 1.33. The zero-order chi connectivity index (χ0) is 14.7. The number of hydrogen-bond acceptors (Lipinski definition) is 4. The Morgan fingerprint density at radius 2 is 2.19 bits per heavy atom. The molecule has 0 bridgehead atoms. The van der Waals surface area contributed by atoms with Gasteiger partial charge in [0, 0.05) is 24.7 Å². The van der Waals surface area contributed by atoms with Crippen LogP contribution in [0.2, 0.25) is 4.34 Å². The van der Waals surface area contributed by atoms with Crippen LogP contribution in [0.4, 0.5) is 5.69 Å². The van der Waals surface area contributed by atoms with Crippen LogP contribution >= 0.6 is 22.9 Å². The predicted octanol–water partition coefficient (Wildman–Crippen LogP) is 3.62. The van der Waals surface area contributed by atoms with Crippen LogP contribution in [0.5, 0.6) is 0 Å². The van der Waals surface area contributed by atoms with Gasteiger partial charge in [-0.15, -0.1) is 11.3 Å². The Kier molecular flexibility index (Phi) is 4.53. The van der Waals surface area contributed by atoms with Gasteiger partial charge in [0.2, 0.25) is 0 Å². The molecule has 0 spiro atoms. The lowest BCUT2D eigenvalue weighted by Crippen LogP contribution is -2.37. The predicted molar refractivity (Wildman–Crippen MR) is 84.2 cm³/mol. The molecule has 3 heterocycles. The number of ether oxygens (including phenoxy) is 1. The van der Waals surface area contributed by atoms with Gasteiger partial charge >= 0.3 is 0 Å². The van der Waals surface area contributed by atoms with E-state index in [0.29, 0.717) is 15.8 Å². The summed E-state index contributed by atoms with van der Waals surface area (Å²) >= 11 is 7.23. The number of anilines is 1. The number of nitrogens with zero attached hydrogens (tertiary/aromatic N) is 2. The first-order chi connectivity index (χ1) is 10.2. The lowest BCUT2D eigenvalue weighted by atomic mass is 10.2. The molecule has 110 valence electrons. The van der Waals surface area contributed by atoms with Crippen LogP contribution in [-0.2, 0) is 4.74 Å². The second kappa shape index (κ2) is 6.56. The number of rotatable bonds is 4. The molecule has 0 aliphatic carbocycles. The highest BCUT2D eigenvalue weighted by Gasteiger charge is 2.25. The van der Waals surface area contributed by atoms with Crippen molar-refractivity contribution in [2.24, 2.45) is 0 Å². The number of thiophene rings is 1. The van der Waals surface area contributed by atoms with Gasteiger partial charge in [0.15, 0.2) is 0 Å². The normalized spacial score (nSPS) is 17.9. The molecule has 0 unspecified atom stereocenters. The third-order valence-corrected chi connectivity index (χ3v) is 4.63. The van der Waals surface area contributed by atoms with Gasteiger partial charge in [0.1, 0.15) is 0 Å². The molecule has 1 aliphatic heterocycles. The topological polar surface area (TPSA) is 42.4 Å². The van der Waals surface area contributed by atoms with E-state index in [0.717, 1.165) is 25.1 Å². The summed E-state index contributed by atoms with van der Waals surface area (Å²) in [4.78, 5) is 19.1. The zero-order valence-electron chi connectivity index (χ0n) is 11.4. The Hall–Kier alpha value is -1.43. The van der Waals surface area contributed by atoms with Crippen molar-refractivity contribution < 1.29 is 9.53 Å². The molecule has 1 saturated heterocycles. The van der Waals surface area contributed by atoms with E-state index in [2.05, 4.69) is 4.98 Å². The van der Waals surface area contributed by atoms with Gasteiger partial charge in [-0.05, 0) is 37.1 Å². The van der Waals surface area contributed by atoms with E-state index in [9.17, 15) is 4.79 Å². The summed E-state index contributed by atoms with van der Waals surface area (Å²) in [7, 11) is 0. The van der Waals surface area contributed by atoms with Crippen LogP contribution in [0.25, 0.3) is 0 Å². The van der Waals surface area contributed by atoms with Crippen molar-refractivity contribution in [1.29, 1.82) is 0 Å². The molecule has 6 heteroatoms. The molecule has 1 fully saturated rings. The standard InChI is InChI=1S/C15H15ClN2O2S/c16-14-4-3-13(21-14)15(19)18(10-12-2-1-9-20-12)11-5-7-17-8-6-11/h3-8,12H,1-2,9-10H2/t12-/m0/s1. The van der Waals surface area contributed by atoms with Crippen molar-refractivity contribution >= 4 is 34.5 Å². The molecule has 0 aromatic carbocycles. The molecule has 1 amide bonds. The number of halogens is 1. The average Bonchev–Trinajstić information content (AvgIpc) is 3.16. The molecule has 0 N–H and O–H groups in total. The number of hydrogen-bond donors (Lipinski definition) is 0. The first kappa shape index (κ1) is 14.5. The second-order valence-corrected chi connectivity index (χ2v) is 6.58. The molecule has 2 aromatic heterocycles. The van der Waals surface area contributed by atoms with Gasteiger partial charge in [-0.3, -0.25) is 9.78 Å². The number of aromatic nitrogens is 1. The number of carbonyl (C=O) groups excluding carboxylic acids is 1. The molecular weight excluding hydrogens is 308 g/mol. The van der Waals surface area contributed by atoms with Crippen molar-refractivity contribution in [2.75, 3.05) is 18.1 Å². The summed E-state index contributed by atoms with van der Waals surface area (Å²) in [6.07, 6.45) is 5.50. The SMILES string of the molecule is O=C(c1ccc(Cl)s1)N(C[C@@H]1CCCO1)c1ccncc1. The fraction of sp³-hybridized carbons (Fsp3) is 0.333. The van der Waals surface area contributed by atoms with E-state index in [4.69, 9.17) is 16.3 Å². The van der Waals surface area contributed by atoms with Crippen molar-refractivity contribution in [2.45, 2.75) is 18.9 Å². The Morgan fingerprint density at radius 3 is 2.81 bits per heavy atom.